The molecule has 4 heteroatoms. The van der Waals surface area contributed by atoms with Gasteiger partial charge in [-0.3, -0.25) is 0 Å². The summed E-state index contributed by atoms with van der Waals surface area (Å²) in [7, 11) is -0.228. The highest BCUT2D eigenvalue weighted by Crippen LogP contribution is 2.04. The lowest BCUT2D eigenvalue weighted by molar-refractivity contribution is 0.731. The van der Waals surface area contributed by atoms with Crippen molar-refractivity contribution in [3.63, 3.8) is 0 Å². The number of hydrogen-bond donors (Lipinski definition) is 0. The number of unbranched alkanes of at least 4 members (excludes halogenated alkanes) is 2. The van der Waals surface area contributed by atoms with Gasteiger partial charge < -0.3 is 0 Å². The second-order valence-corrected chi connectivity index (χ2v) is 3.61. The van der Waals surface area contributed by atoms with Crippen LogP contribution in [0.2, 0.25) is 0 Å². The van der Waals surface area contributed by atoms with Crippen molar-refractivity contribution >= 4 is 10.9 Å². The maximum atomic E-state index is 4.34. The Balaban J connectivity index is 2.14. The summed E-state index contributed by atoms with van der Waals surface area (Å²) < 4.78 is 8.25. The molecule has 11 heavy (non-hydrogen) atoms. The summed E-state index contributed by atoms with van der Waals surface area (Å²) >= 11 is 0. The van der Waals surface area contributed by atoms with Crippen LogP contribution in [-0.2, 0) is 10.9 Å². The molecule has 0 aromatic carbocycles. The van der Waals surface area contributed by atoms with Gasteiger partial charge in [0.2, 0.25) is 0 Å². The van der Waals surface area contributed by atoms with E-state index in [1.165, 1.54) is 19.3 Å². The number of hydrogen-bond acceptors (Lipinski definition) is 2. The van der Waals surface area contributed by atoms with Gasteiger partial charge >= 0.3 is 0 Å². The molecule has 1 aliphatic rings. The molecule has 0 bridgehead atoms. The topological polar surface area (TPSA) is 37.1 Å². The molecular formula is C7H13N3S. The fourth-order valence-electron chi connectivity index (χ4n) is 0.773. The first-order chi connectivity index (χ1) is 5.43. The van der Waals surface area contributed by atoms with Gasteiger partial charge in [0.15, 0.2) is 0 Å². The Morgan fingerprint density at radius 3 is 3.00 bits per heavy atom. The Morgan fingerprint density at radius 2 is 2.36 bits per heavy atom. The molecule has 1 aliphatic heterocycles. The summed E-state index contributed by atoms with van der Waals surface area (Å²) in [5.74, 6) is 0. The minimum Gasteiger partial charge on any atom is -0.238 e. The highest BCUT2D eigenvalue weighted by molar-refractivity contribution is 7.88. The van der Waals surface area contributed by atoms with E-state index >= 15 is 0 Å². The Morgan fingerprint density at radius 1 is 1.45 bits per heavy atom. The molecule has 3 nitrogen and oxygen atoms in total. The molecule has 0 aliphatic carbocycles. The summed E-state index contributed by atoms with van der Waals surface area (Å²) in [5.41, 5.74) is 0. The molecule has 0 aromatic rings. The molecule has 62 valence electrons. The molecule has 0 saturated heterocycles. The first-order valence-electron chi connectivity index (χ1n) is 3.92. The highest BCUT2D eigenvalue weighted by atomic mass is 32.2. The van der Waals surface area contributed by atoms with E-state index in [1.807, 2.05) is 5.41 Å². The van der Waals surface area contributed by atoms with E-state index in [2.05, 4.69) is 20.9 Å². The van der Waals surface area contributed by atoms with Crippen molar-refractivity contribution in [1.29, 1.82) is 0 Å². The third-order valence-electron chi connectivity index (χ3n) is 1.37. The van der Waals surface area contributed by atoms with Crippen molar-refractivity contribution in [2.75, 3.05) is 6.54 Å². The smallest absolute Gasteiger partial charge is 0.0637 e. The van der Waals surface area contributed by atoms with Gasteiger partial charge in [-0.2, -0.15) is 0 Å². The molecule has 0 fully saturated rings. The van der Waals surface area contributed by atoms with Gasteiger partial charge in [-0.15, -0.1) is 9.63 Å². The molecule has 0 amide bonds. The monoisotopic (exact) mass is 171 g/mol. The van der Waals surface area contributed by atoms with Gasteiger partial charge in [0.25, 0.3) is 0 Å². The van der Waals surface area contributed by atoms with Crippen molar-refractivity contribution in [2.45, 2.75) is 26.2 Å². The Hall–Kier alpha value is -0.510. The molecule has 0 N–H and O–H groups in total. The minimum atomic E-state index is -0.228. The zero-order chi connectivity index (χ0) is 7.94. The molecule has 1 heterocycles. The lowest BCUT2D eigenvalue weighted by atomic mass is 10.3. The minimum absolute atomic E-state index is 0.228. The second-order valence-electron chi connectivity index (χ2n) is 2.33. The predicted molar refractivity (Wildman–Crippen MR) is 48.2 cm³/mol. The van der Waals surface area contributed by atoms with E-state index in [0.29, 0.717) is 0 Å². The fraction of sp³-hybridized carbons (Fsp3) is 0.714. The summed E-state index contributed by atoms with van der Waals surface area (Å²) in [6.45, 7) is 3.12. The highest BCUT2D eigenvalue weighted by Gasteiger charge is 1.92. The van der Waals surface area contributed by atoms with Crippen LogP contribution in [0.5, 0.6) is 0 Å². The number of rotatable bonds is 4. The summed E-state index contributed by atoms with van der Waals surface area (Å²) in [6.07, 6.45) is 5.41. The molecule has 1 unspecified atom stereocenters. The van der Waals surface area contributed by atoms with Gasteiger partial charge in [-0.1, -0.05) is 19.8 Å². The molecule has 1 atom stereocenters. The zero-order valence-electron chi connectivity index (χ0n) is 6.73. The molecular weight excluding hydrogens is 158 g/mol. The van der Waals surface area contributed by atoms with Crippen LogP contribution in [0.1, 0.15) is 26.2 Å². The normalized spacial score (nSPS) is 21.7. The Bertz CT molecular complexity index is 182. The van der Waals surface area contributed by atoms with E-state index in [-0.39, 0.29) is 10.9 Å². The van der Waals surface area contributed by atoms with Gasteiger partial charge in [-0.25, -0.2) is 4.36 Å². The predicted octanol–water partition coefficient (Wildman–Crippen LogP) is 2.83. The van der Waals surface area contributed by atoms with Gasteiger partial charge in [0, 0.05) is 12.0 Å². The van der Waals surface area contributed by atoms with Crippen LogP contribution in [0.4, 0.5) is 0 Å². The van der Waals surface area contributed by atoms with Crippen LogP contribution in [0.15, 0.2) is 25.6 Å². The van der Waals surface area contributed by atoms with Crippen LogP contribution < -0.4 is 0 Å². The van der Waals surface area contributed by atoms with Crippen LogP contribution >= 0.6 is 0 Å². The largest absolute Gasteiger partial charge is 0.238 e. The first-order valence-corrected chi connectivity index (χ1v) is 5.12. The maximum absolute atomic E-state index is 4.34. The van der Waals surface area contributed by atoms with Crippen molar-refractivity contribution in [3.05, 3.63) is 11.6 Å². The molecule has 0 spiro atoms. The van der Waals surface area contributed by atoms with Gasteiger partial charge in [0.05, 0.1) is 17.1 Å². The molecule has 1 rings (SSSR count). The maximum Gasteiger partial charge on any atom is 0.0637 e. The first kappa shape index (κ1) is 8.59. The van der Waals surface area contributed by atoms with Crippen molar-refractivity contribution in [2.24, 2.45) is 14.0 Å². The van der Waals surface area contributed by atoms with E-state index in [9.17, 15) is 0 Å². The SMILES string of the molecule is CCCCCN=S1C=CN=N1. The van der Waals surface area contributed by atoms with E-state index in [4.69, 9.17) is 0 Å². The second kappa shape index (κ2) is 5.18. The Labute approximate surface area is 69.8 Å². The average Bonchev–Trinajstić information content (AvgIpc) is 2.50. The zero-order valence-corrected chi connectivity index (χ0v) is 7.55. The van der Waals surface area contributed by atoms with Crippen molar-refractivity contribution in [3.8, 4) is 0 Å². The van der Waals surface area contributed by atoms with E-state index in [1.54, 1.807) is 6.20 Å². The molecule has 0 saturated carbocycles. The summed E-state index contributed by atoms with van der Waals surface area (Å²) in [5, 5.41) is 5.66. The molecule has 0 radical (unpaired) electrons. The average molecular weight is 171 g/mol. The summed E-state index contributed by atoms with van der Waals surface area (Å²) in [4.78, 5) is 0. The quantitative estimate of drug-likeness (QED) is 0.583. The van der Waals surface area contributed by atoms with Crippen LogP contribution in [0.3, 0.4) is 0 Å². The van der Waals surface area contributed by atoms with Crippen molar-refractivity contribution in [1.82, 2.24) is 0 Å². The van der Waals surface area contributed by atoms with Crippen molar-refractivity contribution < 1.29 is 0 Å². The van der Waals surface area contributed by atoms with Gasteiger partial charge in [-0.05, 0) is 6.42 Å². The third kappa shape index (κ3) is 3.41. The van der Waals surface area contributed by atoms with Gasteiger partial charge in [0.1, 0.15) is 0 Å². The van der Waals surface area contributed by atoms with E-state index < -0.39 is 0 Å². The lowest BCUT2D eigenvalue weighted by Gasteiger charge is -1.92. The van der Waals surface area contributed by atoms with Crippen LogP contribution in [-0.4, -0.2) is 6.54 Å². The fourth-order valence-corrected chi connectivity index (χ4v) is 1.60. The van der Waals surface area contributed by atoms with Crippen LogP contribution in [0, 0.1) is 0 Å². The number of nitrogens with zero attached hydrogens (tertiary/aromatic N) is 3. The summed E-state index contributed by atoms with van der Waals surface area (Å²) in [6, 6.07) is 0. The third-order valence-corrected chi connectivity index (χ3v) is 2.44. The lowest BCUT2D eigenvalue weighted by Crippen LogP contribution is -1.82. The molecule has 0 aromatic heterocycles. The Kier molecular flexibility index (Phi) is 4.04. The standard InChI is InChI=1S/C7H13N3S/c1-2-3-4-5-9-11-7-6-8-10-11/h6-7H,2-5H2,1H3. The van der Waals surface area contributed by atoms with E-state index in [0.717, 1.165) is 6.54 Å². The van der Waals surface area contributed by atoms with Crippen LogP contribution in [0.25, 0.3) is 0 Å².